The highest BCUT2D eigenvalue weighted by atomic mass is 32.2. The number of non-ortho nitro benzene ring substituents is 1. The number of nitro groups is 1. The van der Waals surface area contributed by atoms with E-state index < -0.39 is 10.9 Å². The lowest BCUT2D eigenvalue weighted by atomic mass is 10.2. The van der Waals surface area contributed by atoms with Gasteiger partial charge in [0.1, 0.15) is 5.75 Å². The molecule has 0 spiro atoms. The smallest absolute Gasteiger partial charge is 0.343 e. The fourth-order valence-corrected chi connectivity index (χ4v) is 2.84. The molecule has 0 radical (unpaired) electrons. The van der Waals surface area contributed by atoms with Gasteiger partial charge in [0, 0.05) is 12.1 Å². The Bertz CT molecular complexity index is 953. The molecule has 0 unspecified atom stereocenters. The first-order chi connectivity index (χ1) is 12.4. The van der Waals surface area contributed by atoms with Gasteiger partial charge >= 0.3 is 5.97 Å². The summed E-state index contributed by atoms with van der Waals surface area (Å²) in [4.78, 5) is 34.2. The third kappa shape index (κ3) is 3.95. The minimum absolute atomic E-state index is 0.0722. The average Bonchev–Trinajstić information content (AvgIpc) is 2.94. The quantitative estimate of drug-likeness (QED) is 0.281. The molecule has 1 amide bonds. The minimum atomic E-state index is -0.709. The van der Waals surface area contributed by atoms with Crippen LogP contribution in [0, 0.1) is 15.5 Å². The Hall–Kier alpha value is -3.46. The molecule has 8 nitrogen and oxygen atoms in total. The van der Waals surface area contributed by atoms with E-state index >= 15 is 0 Å². The van der Waals surface area contributed by atoms with Gasteiger partial charge in [-0.25, -0.2) is 4.79 Å². The van der Waals surface area contributed by atoms with E-state index in [2.05, 4.69) is 5.32 Å². The maximum atomic E-state index is 12.1. The summed E-state index contributed by atoms with van der Waals surface area (Å²) in [6.45, 7) is 0. The first-order valence-corrected chi connectivity index (χ1v) is 8.10. The van der Waals surface area contributed by atoms with E-state index in [1.165, 1.54) is 18.2 Å². The Kier molecular flexibility index (Phi) is 4.81. The summed E-state index contributed by atoms with van der Waals surface area (Å²) in [7, 11) is 0. The lowest BCUT2D eigenvalue weighted by molar-refractivity contribution is -0.384. The highest BCUT2D eigenvalue weighted by Gasteiger charge is 2.22. The summed E-state index contributed by atoms with van der Waals surface area (Å²) in [5.74, 6) is -0.778. The maximum Gasteiger partial charge on any atom is 0.343 e. The van der Waals surface area contributed by atoms with E-state index in [0.717, 1.165) is 17.8 Å². The molecule has 2 N–H and O–H groups in total. The van der Waals surface area contributed by atoms with Gasteiger partial charge in [-0.2, -0.15) is 0 Å². The number of rotatable bonds is 4. The molecule has 130 valence electrons. The number of carbonyl (C=O) groups is 2. The standard InChI is InChI=1S/C17H11N3O5S/c18-17-19-15(21)14(26-17)8-10-4-6-13(7-5-10)25-16(22)11-2-1-3-12(9-11)20(23)24/h1-9H,(H2,18,19,21)/b14-8-. The number of thioether (sulfide) groups is 1. The van der Waals surface area contributed by atoms with Gasteiger partial charge < -0.3 is 10.1 Å². The van der Waals surface area contributed by atoms with Gasteiger partial charge in [0.15, 0.2) is 5.17 Å². The van der Waals surface area contributed by atoms with Gasteiger partial charge in [0.25, 0.3) is 11.6 Å². The van der Waals surface area contributed by atoms with Gasteiger partial charge in [-0.1, -0.05) is 18.2 Å². The van der Waals surface area contributed by atoms with Crippen LogP contribution >= 0.6 is 11.8 Å². The van der Waals surface area contributed by atoms with Gasteiger partial charge in [-0.05, 0) is 41.6 Å². The predicted molar refractivity (Wildman–Crippen MR) is 95.9 cm³/mol. The molecule has 0 saturated carbocycles. The molecular weight excluding hydrogens is 358 g/mol. The van der Waals surface area contributed by atoms with Crippen LogP contribution in [0.4, 0.5) is 5.69 Å². The van der Waals surface area contributed by atoms with E-state index in [1.807, 2.05) is 0 Å². The molecule has 2 aromatic rings. The maximum absolute atomic E-state index is 12.1. The van der Waals surface area contributed by atoms with Crippen LogP contribution in [-0.4, -0.2) is 22.0 Å². The Balaban J connectivity index is 1.71. The second-order valence-corrected chi connectivity index (χ2v) is 6.21. The molecular formula is C17H11N3O5S. The monoisotopic (exact) mass is 369 g/mol. The van der Waals surface area contributed by atoms with Crippen molar-refractivity contribution < 1.29 is 19.2 Å². The van der Waals surface area contributed by atoms with E-state index in [4.69, 9.17) is 10.1 Å². The van der Waals surface area contributed by atoms with Crippen LogP contribution in [0.5, 0.6) is 5.75 Å². The number of amides is 1. The molecule has 0 bridgehead atoms. The number of carbonyl (C=O) groups excluding carboxylic acids is 2. The zero-order chi connectivity index (χ0) is 18.7. The van der Waals surface area contributed by atoms with E-state index in [-0.39, 0.29) is 28.1 Å². The van der Waals surface area contributed by atoms with Crippen LogP contribution in [0.2, 0.25) is 0 Å². The summed E-state index contributed by atoms with van der Waals surface area (Å²) in [6, 6.07) is 11.7. The summed E-state index contributed by atoms with van der Waals surface area (Å²) < 4.78 is 5.20. The molecule has 0 aromatic heterocycles. The van der Waals surface area contributed by atoms with Crippen LogP contribution < -0.4 is 10.1 Å². The number of amidine groups is 1. The van der Waals surface area contributed by atoms with Crippen LogP contribution in [0.3, 0.4) is 0 Å². The zero-order valence-electron chi connectivity index (χ0n) is 13.1. The van der Waals surface area contributed by atoms with Crippen molar-refractivity contribution in [3.63, 3.8) is 0 Å². The molecule has 1 heterocycles. The molecule has 1 saturated heterocycles. The molecule has 1 aliphatic heterocycles. The van der Waals surface area contributed by atoms with Gasteiger partial charge in [-0.15, -0.1) is 0 Å². The SMILES string of the molecule is N=C1NC(=O)/C(=C/c2ccc(OC(=O)c3cccc([N+](=O)[O-])c3)cc2)S1. The Morgan fingerprint density at radius 1 is 1.23 bits per heavy atom. The van der Waals surface area contributed by atoms with Crippen LogP contribution in [0.25, 0.3) is 6.08 Å². The molecule has 0 aliphatic carbocycles. The molecule has 0 atom stereocenters. The van der Waals surface area contributed by atoms with E-state index in [0.29, 0.717) is 10.5 Å². The van der Waals surface area contributed by atoms with Crippen molar-refractivity contribution in [1.82, 2.24) is 5.32 Å². The largest absolute Gasteiger partial charge is 0.423 e. The predicted octanol–water partition coefficient (Wildman–Crippen LogP) is 2.95. The fourth-order valence-electron chi connectivity index (χ4n) is 2.14. The van der Waals surface area contributed by atoms with Crippen molar-refractivity contribution >= 4 is 40.6 Å². The number of nitrogens with one attached hydrogen (secondary N) is 2. The van der Waals surface area contributed by atoms with E-state index in [9.17, 15) is 19.7 Å². The fraction of sp³-hybridized carbons (Fsp3) is 0. The van der Waals surface area contributed by atoms with Crippen molar-refractivity contribution in [1.29, 1.82) is 5.41 Å². The number of nitrogens with zero attached hydrogens (tertiary/aromatic N) is 1. The van der Waals surface area contributed by atoms with Crippen molar-refractivity contribution in [2.75, 3.05) is 0 Å². The highest BCUT2D eigenvalue weighted by Crippen LogP contribution is 2.25. The van der Waals surface area contributed by atoms with Crippen LogP contribution in [0.15, 0.2) is 53.4 Å². The summed E-state index contributed by atoms with van der Waals surface area (Å²) in [5, 5.41) is 20.6. The number of ether oxygens (including phenoxy) is 1. The summed E-state index contributed by atoms with van der Waals surface area (Å²) in [5.41, 5.74) is 0.578. The number of hydrogen-bond donors (Lipinski definition) is 2. The summed E-state index contributed by atoms with van der Waals surface area (Å²) >= 11 is 1.03. The van der Waals surface area contributed by atoms with Crippen LogP contribution in [0.1, 0.15) is 15.9 Å². The average molecular weight is 369 g/mol. The van der Waals surface area contributed by atoms with Crippen molar-refractivity contribution in [3.8, 4) is 5.75 Å². The normalized spacial score (nSPS) is 15.0. The van der Waals surface area contributed by atoms with E-state index in [1.54, 1.807) is 30.3 Å². The number of benzene rings is 2. The van der Waals surface area contributed by atoms with Crippen molar-refractivity contribution in [2.24, 2.45) is 0 Å². The van der Waals surface area contributed by atoms with Gasteiger partial charge in [0.2, 0.25) is 0 Å². The Labute approximate surface area is 151 Å². The Morgan fingerprint density at radius 2 is 1.96 bits per heavy atom. The molecule has 26 heavy (non-hydrogen) atoms. The molecule has 2 aromatic carbocycles. The third-order valence-electron chi connectivity index (χ3n) is 3.34. The lowest BCUT2D eigenvalue weighted by Gasteiger charge is -2.05. The molecule has 1 aliphatic rings. The first-order valence-electron chi connectivity index (χ1n) is 7.28. The van der Waals surface area contributed by atoms with Crippen molar-refractivity contribution in [2.45, 2.75) is 0 Å². The van der Waals surface area contributed by atoms with Crippen molar-refractivity contribution in [3.05, 3.63) is 74.7 Å². The highest BCUT2D eigenvalue weighted by molar-refractivity contribution is 8.18. The second-order valence-electron chi connectivity index (χ2n) is 5.16. The zero-order valence-corrected chi connectivity index (χ0v) is 13.9. The van der Waals surface area contributed by atoms with Gasteiger partial charge in [0.05, 0.1) is 15.4 Å². The number of nitro benzene ring substituents is 1. The minimum Gasteiger partial charge on any atom is -0.423 e. The topological polar surface area (TPSA) is 122 Å². The first kappa shape index (κ1) is 17.4. The lowest BCUT2D eigenvalue weighted by Crippen LogP contribution is -2.18. The molecule has 1 fully saturated rings. The molecule has 9 heteroatoms. The number of hydrogen-bond acceptors (Lipinski definition) is 7. The summed E-state index contributed by atoms with van der Waals surface area (Å²) in [6.07, 6.45) is 1.62. The molecule has 3 rings (SSSR count). The van der Waals surface area contributed by atoms with Crippen LogP contribution in [-0.2, 0) is 4.79 Å². The number of esters is 1. The third-order valence-corrected chi connectivity index (χ3v) is 4.17. The van der Waals surface area contributed by atoms with Gasteiger partial charge in [-0.3, -0.25) is 20.3 Å². The Morgan fingerprint density at radius 3 is 2.58 bits per heavy atom. The second kappa shape index (κ2) is 7.19.